The molecule has 18 heavy (non-hydrogen) atoms. The van der Waals surface area contributed by atoms with Gasteiger partial charge < -0.3 is 9.67 Å². The Labute approximate surface area is 104 Å². The summed E-state index contributed by atoms with van der Waals surface area (Å²) in [4.78, 5) is 4.32. The van der Waals surface area contributed by atoms with Crippen LogP contribution in [0, 0.1) is 0 Å². The van der Waals surface area contributed by atoms with Crippen molar-refractivity contribution in [3.05, 3.63) is 17.2 Å². The molecule has 0 saturated carbocycles. The maximum atomic E-state index is 12.1. The summed E-state index contributed by atoms with van der Waals surface area (Å²) in [6.45, 7) is 0.0801. The largest absolute Gasteiger partial charge is 0.389 e. The van der Waals surface area contributed by atoms with Gasteiger partial charge in [0.15, 0.2) is 0 Å². The highest BCUT2D eigenvalue weighted by atomic mass is 19.4. The van der Waals surface area contributed by atoms with Gasteiger partial charge in [0.05, 0.1) is 5.69 Å². The minimum atomic E-state index is -4.11. The van der Waals surface area contributed by atoms with Crippen molar-refractivity contribution in [1.29, 1.82) is 0 Å². The SMILES string of the molecule is OCc1nc2c(n1CCCC(F)(F)F)CCCC2. The lowest BCUT2D eigenvalue weighted by Gasteiger charge is -2.15. The predicted octanol–water partition coefficient (Wildman–Crippen LogP) is 2.60. The minimum Gasteiger partial charge on any atom is -0.388 e. The fourth-order valence-electron chi connectivity index (χ4n) is 2.48. The second-order valence-corrected chi connectivity index (χ2v) is 4.66. The smallest absolute Gasteiger partial charge is 0.388 e. The Bertz CT molecular complexity index is 412. The first-order valence-corrected chi connectivity index (χ1v) is 6.26. The van der Waals surface area contributed by atoms with Gasteiger partial charge in [-0.25, -0.2) is 4.98 Å². The molecule has 0 radical (unpaired) electrons. The van der Waals surface area contributed by atoms with Crippen molar-refractivity contribution in [3.8, 4) is 0 Å². The molecule has 1 aromatic rings. The molecule has 0 saturated heterocycles. The van der Waals surface area contributed by atoms with E-state index in [0.29, 0.717) is 5.82 Å². The van der Waals surface area contributed by atoms with Gasteiger partial charge >= 0.3 is 6.18 Å². The molecule has 1 aliphatic carbocycles. The molecule has 102 valence electrons. The van der Waals surface area contributed by atoms with Crippen LogP contribution in [0.1, 0.15) is 42.9 Å². The van der Waals surface area contributed by atoms with Gasteiger partial charge in [0.2, 0.25) is 0 Å². The van der Waals surface area contributed by atoms with Gasteiger partial charge in [-0.1, -0.05) is 0 Å². The highest BCUT2D eigenvalue weighted by molar-refractivity contribution is 5.20. The molecule has 0 unspecified atom stereocenters. The van der Waals surface area contributed by atoms with Gasteiger partial charge in [0.1, 0.15) is 12.4 Å². The van der Waals surface area contributed by atoms with E-state index in [0.717, 1.165) is 37.1 Å². The van der Waals surface area contributed by atoms with Gasteiger partial charge in [-0.3, -0.25) is 0 Å². The zero-order valence-corrected chi connectivity index (χ0v) is 10.1. The minimum absolute atomic E-state index is 0.0410. The average molecular weight is 262 g/mol. The molecule has 1 N–H and O–H groups in total. The first-order chi connectivity index (χ1) is 8.51. The third-order valence-corrected chi connectivity index (χ3v) is 3.30. The number of aliphatic hydroxyl groups excluding tert-OH is 1. The maximum absolute atomic E-state index is 12.1. The van der Waals surface area contributed by atoms with Gasteiger partial charge in [0, 0.05) is 18.7 Å². The fraction of sp³-hybridized carbons (Fsp3) is 0.750. The van der Waals surface area contributed by atoms with Crippen LogP contribution < -0.4 is 0 Å². The van der Waals surface area contributed by atoms with Crippen molar-refractivity contribution in [2.24, 2.45) is 0 Å². The number of rotatable bonds is 4. The Morgan fingerprint density at radius 1 is 1.22 bits per heavy atom. The normalized spacial score (nSPS) is 15.8. The summed E-state index contributed by atoms with van der Waals surface area (Å²) in [5.74, 6) is 0.504. The lowest BCUT2D eigenvalue weighted by molar-refractivity contribution is -0.135. The summed E-state index contributed by atoms with van der Waals surface area (Å²) in [5, 5.41) is 9.22. The first kappa shape index (κ1) is 13.4. The van der Waals surface area contributed by atoms with E-state index < -0.39 is 12.6 Å². The van der Waals surface area contributed by atoms with Gasteiger partial charge in [-0.05, 0) is 32.1 Å². The van der Waals surface area contributed by atoms with Crippen molar-refractivity contribution < 1.29 is 18.3 Å². The van der Waals surface area contributed by atoms with Crippen LogP contribution >= 0.6 is 0 Å². The van der Waals surface area contributed by atoms with E-state index in [1.165, 1.54) is 0 Å². The van der Waals surface area contributed by atoms with E-state index >= 15 is 0 Å². The molecule has 1 aromatic heterocycles. The molecule has 0 aliphatic heterocycles. The van der Waals surface area contributed by atoms with E-state index in [4.69, 9.17) is 0 Å². The Hall–Kier alpha value is -1.04. The number of imidazole rings is 1. The molecule has 0 spiro atoms. The Morgan fingerprint density at radius 3 is 2.61 bits per heavy atom. The number of halogens is 3. The number of hydrogen-bond donors (Lipinski definition) is 1. The lowest BCUT2D eigenvalue weighted by atomic mass is 10.0. The van der Waals surface area contributed by atoms with Crippen LogP contribution in [-0.2, 0) is 26.0 Å². The quantitative estimate of drug-likeness (QED) is 0.905. The molecule has 2 rings (SSSR count). The molecule has 0 fully saturated rings. The summed E-state index contributed by atoms with van der Waals surface area (Å²) in [5.41, 5.74) is 1.98. The Kier molecular flexibility index (Phi) is 3.94. The second kappa shape index (κ2) is 5.30. The summed E-state index contributed by atoms with van der Waals surface area (Å²) in [6.07, 6.45) is -1.02. The van der Waals surface area contributed by atoms with E-state index in [-0.39, 0.29) is 19.6 Å². The Balaban J connectivity index is 2.08. The number of alkyl halides is 3. The lowest BCUT2D eigenvalue weighted by Crippen LogP contribution is -2.14. The Morgan fingerprint density at radius 2 is 1.94 bits per heavy atom. The third kappa shape index (κ3) is 3.04. The molecular weight excluding hydrogens is 245 g/mol. The number of aliphatic hydroxyl groups is 1. The van der Waals surface area contributed by atoms with Crippen LogP contribution in [0.2, 0.25) is 0 Å². The molecule has 1 aliphatic rings. The molecule has 6 heteroatoms. The molecule has 0 atom stereocenters. The highest BCUT2D eigenvalue weighted by Gasteiger charge is 2.27. The van der Waals surface area contributed by atoms with Crippen molar-refractivity contribution in [3.63, 3.8) is 0 Å². The highest BCUT2D eigenvalue weighted by Crippen LogP contribution is 2.25. The average Bonchev–Trinajstić information content (AvgIpc) is 2.66. The van der Waals surface area contributed by atoms with E-state index in [9.17, 15) is 18.3 Å². The third-order valence-electron chi connectivity index (χ3n) is 3.30. The standard InChI is InChI=1S/C12H17F3N2O/c13-12(14,15)6-3-7-17-10-5-2-1-4-9(10)16-11(17)8-18/h18H,1-8H2. The number of aryl methyl sites for hydroxylation is 1. The van der Waals surface area contributed by atoms with Crippen molar-refractivity contribution >= 4 is 0 Å². The number of hydrogen-bond acceptors (Lipinski definition) is 2. The first-order valence-electron chi connectivity index (χ1n) is 6.26. The number of fused-ring (bicyclic) bond motifs is 1. The number of aromatic nitrogens is 2. The summed E-state index contributed by atoms with van der Waals surface area (Å²) < 4.78 is 38.2. The van der Waals surface area contributed by atoms with E-state index in [2.05, 4.69) is 4.98 Å². The van der Waals surface area contributed by atoms with Gasteiger partial charge in [-0.15, -0.1) is 0 Å². The molecule has 3 nitrogen and oxygen atoms in total. The van der Waals surface area contributed by atoms with Crippen molar-refractivity contribution in [2.45, 2.75) is 57.9 Å². The monoisotopic (exact) mass is 262 g/mol. The zero-order valence-electron chi connectivity index (χ0n) is 10.1. The predicted molar refractivity (Wildman–Crippen MR) is 60.1 cm³/mol. The van der Waals surface area contributed by atoms with Gasteiger partial charge in [0.25, 0.3) is 0 Å². The zero-order chi connectivity index (χ0) is 13.2. The maximum Gasteiger partial charge on any atom is 0.389 e. The molecule has 1 heterocycles. The van der Waals surface area contributed by atoms with Crippen LogP contribution in [-0.4, -0.2) is 20.8 Å². The molecule has 0 amide bonds. The molecular formula is C12H17F3N2O. The van der Waals surface area contributed by atoms with E-state index in [1.807, 2.05) is 0 Å². The van der Waals surface area contributed by atoms with Crippen LogP contribution in [0.3, 0.4) is 0 Å². The van der Waals surface area contributed by atoms with Crippen molar-refractivity contribution in [2.75, 3.05) is 0 Å². The second-order valence-electron chi connectivity index (χ2n) is 4.66. The fourth-order valence-corrected chi connectivity index (χ4v) is 2.48. The van der Waals surface area contributed by atoms with Crippen LogP contribution in [0.5, 0.6) is 0 Å². The molecule has 0 aromatic carbocycles. The van der Waals surface area contributed by atoms with Crippen LogP contribution in [0.25, 0.3) is 0 Å². The van der Waals surface area contributed by atoms with Crippen molar-refractivity contribution in [1.82, 2.24) is 9.55 Å². The van der Waals surface area contributed by atoms with Gasteiger partial charge in [-0.2, -0.15) is 13.2 Å². The number of nitrogens with zero attached hydrogens (tertiary/aromatic N) is 2. The van der Waals surface area contributed by atoms with Crippen LogP contribution in [0.4, 0.5) is 13.2 Å². The summed E-state index contributed by atoms with van der Waals surface area (Å²) in [7, 11) is 0. The topological polar surface area (TPSA) is 38.1 Å². The summed E-state index contributed by atoms with van der Waals surface area (Å²) in [6, 6.07) is 0. The molecule has 0 bridgehead atoms. The van der Waals surface area contributed by atoms with Crippen LogP contribution in [0.15, 0.2) is 0 Å². The summed E-state index contributed by atoms with van der Waals surface area (Å²) >= 11 is 0. The van der Waals surface area contributed by atoms with E-state index in [1.54, 1.807) is 4.57 Å².